The largest absolute Gasteiger partial charge is 0.336 e. The molecule has 0 heterocycles. The van der Waals surface area contributed by atoms with E-state index >= 15 is 0 Å². The van der Waals surface area contributed by atoms with Crippen molar-refractivity contribution in [2.24, 2.45) is 5.92 Å². The number of carbonyl (C=O) groups is 1. The van der Waals surface area contributed by atoms with Gasteiger partial charge in [-0.1, -0.05) is 17.7 Å². The van der Waals surface area contributed by atoms with Crippen molar-refractivity contribution in [1.82, 2.24) is 5.32 Å². The van der Waals surface area contributed by atoms with Crippen molar-refractivity contribution >= 4 is 33.4 Å². The van der Waals surface area contributed by atoms with E-state index < -0.39 is 6.04 Å². The Balaban J connectivity index is 2.14. The van der Waals surface area contributed by atoms with E-state index in [0.29, 0.717) is 21.0 Å². The number of halogens is 2. The molecule has 5 heteroatoms. The van der Waals surface area contributed by atoms with Crippen LogP contribution in [0.25, 0.3) is 0 Å². The van der Waals surface area contributed by atoms with Gasteiger partial charge in [-0.15, -0.1) is 0 Å². The second-order valence-electron chi connectivity index (χ2n) is 4.02. The predicted octanol–water partition coefficient (Wildman–Crippen LogP) is 3.13. The topological polar surface area (TPSA) is 52.9 Å². The number of amides is 1. The fraction of sp³-hybridized carbons (Fsp3) is 0.333. The van der Waals surface area contributed by atoms with Gasteiger partial charge in [-0.25, -0.2) is 0 Å². The number of hydrogen-bond acceptors (Lipinski definition) is 2. The molecule has 1 unspecified atom stereocenters. The zero-order chi connectivity index (χ0) is 12.4. The number of rotatable bonds is 3. The number of hydrogen-bond donors (Lipinski definition) is 1. The van der Waals surface area contributed by atoms with Crippen LogP contribution in [0.15, 0.2) is 22.7 Å². The van der Waals surface area contributed by atoms with Crippen molar-refractivity contribution < 1.29 is 4.79 Å². The molecule has 0 aromatic heterocycles. The summed E-state index contributed by atoms with van der Waals surface area (Å²) in [4.78, 5) is 12.0. The van der Waals surface area contributed by atoms with E-state index in [1.165, 1.54) is 0 Å². The minimum absolute atomic E-state index is 0.297. The quantitative estimate of drug-likeness (QED) is 0.932. The third kappa shape index (κ3) is 2.80. The number of carbonyl (C=O) groups excluding carboxylic acids is 1. The zero-order valence-corrected chi connectivity index (χ0v) is 11.3. The predicted molar refractivity (Wildman–Crippen MR) is 68.7 cm³/mol. The molecule has 2 rings (SSSR count). The van der Waals surface area contributed by atoms with Crippen molar-refractivity contribution in [1.29, 1.82) is 5.26 Å². The van der Waals surface area contributed by atoms with Gasteiger partial charge in [0.1, 0.15) is 6.04 Å². The Hall–Kier alpha value is -1.05. The minimum atomic E-state index is -0.405. The van der Waals surface area contributed by atoms with Crippen LogP contribution in [0, 0.1) is 17.2 Å². The first-order chi connectivity index (χ1) is 8.13. The summed E-state index contributed by atoms with van der Waals surface area (Å²) in [5, 5.41) is 12.0. The fourth-order valence-corrected chi connectivity index (χ4v) is 2.16. The highest BCUT2D eigenvalue weighted by molar-refractivity contribution is 9.10. The van der Waals surface area contributed by atoms with E-state index in [9.17, 15) is 4.79 Å². The monoisotopic (exact) mass is 312 g/mol. The van der Waals surface area contributed by atoms with Gasteiger partial charge in [0.15, 0.2) is 0 Å². The third-order valence-corrected chi connectivity index (χ3v) is 4.01. The number of nitrogens with one attached hydrogen (secondary N) is 1. The Morgan fingerprint density at radius 1 is 1.59 bits per heavy atom. The second-order valence-corrected chi connectivity index (χ2v) is 5.25. The summed E-state index contributed by atoms with van der Waals surface area (Å²) in [7, 11) is 0. The van der Waals surface area contributed by atoms with Gasteiger partial charge in [-0.2, -0.15) is 5.26 Å². The molecule has 1 aliphatic rings. The Morgan fingerprint density at radius 2 is 2.29 bits per heavy atom. The molecule has 1 aromatic carbocycles. The summed E-state index contributed by atoms with van der Waals surface area (Å²) in [6.45, 7) is 0. The first kappa shape index (κ1) is 12.4. The van der Waals surface area contributed by atoms with E-state index in [1.807, 2.05) is 0 Å². The molecule has 17 heavy (non-hydrogen) atoms. The summed E-state index contributed by atoms with van der Waals surface area (Å²) >= 11 is 9.28. The van der Waals surface area contributed by atoms with Crippen molar-refractivity contribution in [3.05, 3.63) is 33.3 Å². The Kier molecular flexibility index (Phi) is 3.70. The molecule has 0 radical (unpaired) electrons. The highest BCUT2D eigenvalue weighted by Gasteiger charge is 2.32. The van der Waals surface area contributed by atoms with E-state index in [0.717, 1.165) is 12.8 Å². The van der Waals surface area contributed by atoms with Gasteiger partial charge in [0.05, 0.1) is 16.7 Å². The SMILES string of the molecule is N#CC(NC(=O)c1cccc(Br)c1Cl)C1CC1. The Labute approximate surface area is 113 Å². The van der Waals surface area contributed by atoms with Crippen LogP contribution in [0.1, 0.15) is 23.2 Å². The van der Waals surface area contributed by atoms with Gasteiger partial charge in [0.2, 0.25) is 0 Å². The van der Waals surface area contributed by atoms with Gasteiger partial charge in [-0.05, 0) is 46.8 Å². The first-order valence-corrected chi connectivity index (χ1v) is 6.45. The van der Waals surface area contributed by atoms with Gasteiger partial charge in [0, 0.05) is 4.47 Å². The molecular formula is C12H10BrClN2O. The average Bonchev–Trinajstić information content (AvgIpc) is 3.13. The highest BCUT2D eigenvalue weighted by atomic mass is 79.9. The van der Waals surface area contributed by atoms with Gasteiger partial charge in [0.25, 0.3) is 5.91 Å². The van der Waals surface area contributed by atoms with Crippen molar-refractivity contribution in [2.75, 3.05) is 0 Å². The molecule has 1 amide bonds. The number of nitrogens with zero attached hydrogens (tertiary/aromatic N) is 1. The van der Waals surface area contributed by atoms with Crippen LogP contribution in [0.4, 0.5) is 0 Å². The van der Waals surface area contributed by atoms with Gasteiger partial charge in [-0.3, -0.25) is 4.79 Å². The molecule has 0 spiro atoms. The lowest BCUT2D eigenvalue weighted by atomic mass is 10.1. The van der Waals surface area contributed by atoms with E-state index in [1.54, 1.807) is 18.2 Å². The maximum atomic E-state index is 12.0. The lowest BCUT2D eigenvalue weighted by Gasteiger charge is -2.11. The Bertz CT molecular complexity index is 494. The molecule has 0 aliphatic heterocycles. The molecule has 3 nitrogen and oxygen atoms in total. The van der Waals surface area contributed by atoms with Crippen LogP contribution in [0.2, 0.25) is 5.02 Å². The van der Waals surface area contributed by atoms with Crippen LogP contribution in [-0.4, -0.2) is 11.9 Å². The Morgan fingerprint density at radius 3 is 2.88 bits per heavy atom. The van der Waals surface area contributed by atoms with E-state index in [-0.39, 0.29) is 5.91 Å². The first-order valence-electron chi connectivity index (χ1n) is 5.28. The van der Waals surface area contributed by atoms with Crippen molar-refractivity contribution in [3.8, 4) is 6.07 Å². The third-order valence-electron chi connectivity index (χ3n) is 2.72. The summed E-state index contributed by atoms with van der Waals surface area (Å²) < 4.78 is 0.673. The molecule has 1 aromatic rings. The lowest BCUT2D eigenvalue weighted by molar-refractivity contribution is 0.0942. The van der Waals surface area contributed by atoms with Crippen molar-refractivity contribution in [2.45, 2.75) is 18.9 Å². The number of nitriles is 1. The van der Waals surface area contributed by atoms with Crippen LogP contribution >= 0.6 is 27.5 Å². The standard InChI is InChI=1S/C12H10BrClN2O/c13-9-3-1-2-8(11(9)14)12(17)16-10(6-15)7-4-5-7/h1-3,7,10H,4-5H2,(H,16,17). The van der Waals surface area contributed by atoms with Gasteiger partial charge >= 0.3 is 0 Å². The number of benzene rings is 1. The molecule has 1 aliphatic carbocycles. The van der Waals surface area contributed by atoms with E-state index in [2.05, 4.69) is 27.3 Å². The summed E-state index contributed by atoms with van der Waals surface area (Å²) in [5.74, 6) is 0.00429. The second kappa shape index (κ2) is 5.07. The summed E-state index contributed by atoms with van der Waals surface area (Å²) in [6, 6.07) is 6.85. The van der Waals surface area contributed by atoms with Crippen LogP contribution in [0.5, 0.6) is 0 Å². The lowest BCUT2D eigenvalue weighted by Crippen LogP contribution is -2.35. The van der Waals surface area contributed by atoms with Crippen LogP contribution in [-0.2, 0) is 0 Å². The molecule has 1 fully saturated rings. The fourth-order valence-electron chi connectivity index (χ4n) is 1.58. The van der Waals surface area contributed by atoms with Crippen LogP contribution < -0.4 is 5.32 Å². The minimum Gasteiger partial charge on any atom is -0.336 e. The molecule has 88 valence electrons. The maximum Gasteiger partial charge on any atom is 0.253 e. The maximum absolute atomic E-state index is 12.0. The average molecular weight is 314 g/mol. The van der Waals surface area contributed by atoms with Crippen LogP contribution in [0.3, 0.4) is 0 Å². The van der Waals surface area contributed by atoms with Gasteiger partial charge < -0.3 is 5.32 Å². The zero-order valence-electron chi connectivity index (χ0n) is 8.91. The van der Waals surface area contributed by atoms with Crippen molar-refractivity contribution in [3.63, 3.8) is 0 Å². The smallest absolute Gasteiger partial charge is 0.253 e. The molecule has 0 saturated heterocycles. The van der Waals surface area contributed by atoms with E-state index in [4.69, 9.17) is 16.9 Å². The molecule has 0 bridgehead atoms. The summed E-state index contributed by atoms with van der Waals surface area (Å²) in [6.07, 6.45) is 2.01. The normalized spacial score (nSPS) is 16.1. The molecule has 1 atom stereocenters. The molecule has 1 N–H and O–H groups in total. The highest BCUT2D eigenvalue weighted by Crippen LogP contribution is 2.33. The summed E-state index contributed by atoms with van der Waals surface area (Å²) in [5.41, 5.74) is 0.391. The molecule has 1 saturated carbocycles. The molecular weight excluding hydrogens is 304 g/mol.